The van der Waals surface area contributed by atoms with Crippen LogP contribution in [0.4, 0.5) is 10.1 Å². The van der Waals surface area contributed by atoms with Crippen molar-refractivity contribution in [1.29, 1.82) is 0 Å². The lowest BCUT2D eigenvalue weighted by Crippen LogP contribution is -2.23. The minimum absolute atomic E-state index is 0.150. The summed E-state index contributed by atoms with van der Waals surface area (Å²) in [6.45, 7) is 0.316. The molecule has 4 rings (SSSR count). The number of benzene rings is 2. The molecule has 2 aromatic heterocycles. The van der Waals surface area contributed by atoms with E-state index in [-0.39, 0.29) is 17.9 Å². The largest absolute Gasteiger partial charge is 0.497 e. The van der Waals surface area contributed by atoms with Crippen molar-refractivity contribution in [3.8, 4) is 5.75 Å². The molecule has 7 heteroatoms. The van der Waals surface area contributed by atoms with E-state index in [0.29, 0.717) is 35.4 Å². The molecule has 1 amide bonds. The molecule has 0 aliphatic carbocycles. The summed E-state index contributed by atoms with van der Waals surface area (Å²) in [5.41, 5.74) is 2.24. The number of nitrogens with zero attached hydrogens (tertiary/aromatic N) is 2. The molecule has 0 aliphatic rings. The van der Waals surface area contributed by atoms with Crippen LogP contribution in [0.2, 0.25) is 0 Å². The van der Waals surface area contributed by atoms with Crippen molar-refractivity contribution < 1.29 is 13.9 Å². The fraction of sp³-hybridized carbons (Fsp3) is 0.182. The highest BCUT2D eigenvalue weighted by atomic mass is 19.1. The van der Waals surface area contributed by atoms with Gasteiger partial charge in [0.15, 0.2) is 0 Å². The normalized spacial score (nSPS) is 11.1. The second-order valence-corrected chi connectivity index (χ2v) is 6.73. The molecule has 0 bridgehead atoms. The van der Waals surface area contributed by atoms with Gasteiger partial charge in [0.25, 0.3) is 5.56 Å². The highest BCUT2D eigenvalue weighted by Crippen LogP contribution is 2.18. The van der Waals surface area contributed by atoms with Crippen molar-refractivity contribution in [3.05, 3.63) is 77.0 Å². The Kier molecular flexibility index (Phi) is 5.03. The van der Waals surface area contributed by atoms with Gasteiger partial charge in [-0.15, -0.1) is 0 Å². The third-order valence-electron chi connectivity index (χ3n) is 4.86. The Bertz CT molecular complexity index is 1240. The Morgan fingerprint density at radius 1 is 1.07 bits per heavy atom. The molecular formula is C22H20FN3O3. The second-order valence-electron chi connectivity index (χ2n) is 6.73. The number of fused-ring (bicyclic) bond motifs is 3. The molecule has 0 radical (unpaired) electrons. The summed E-state index contributed by atoms with van der Waals surface area (Å²) >= 11 is 0. The average molecular weight is 393 g/mol. The predicted molar refractivity (Wildman–Crippen MR) is 110 cm³/mol. The lowest BCUT2D eigenvalue weighted by atomic mass is 10.2. The smallest absolute Gasteiger partial charge is 0.275 e. The van der Waals surface area contributed by atoms with Crippen LogP contribution in [0.15, 0.2) is 65.6 Å². The number of hydrogen-bond donors (Lipinski definition) is 1. The van der Waals surface area contributed by atoms with Crippen LogP contribution < -0.4 is 15.6 Å². The molecule has 0 saturated carbocycles. The highest BCUT2D eigenvalue weighted by Gasteiger charge is 2.12. The van der Waals surface area contributed by atoms with Crippen LogP contribution in [0.1, 0.15) is 12.8 Å². The number of halogens is 1. The van der Waals surface area contributed by atoms with E-state index in [0.717, 1.165) is 5.52 Å². The molecule has 0 spiro atoms. The quantitative estimate of drug-likeness (QED) is 0.542. The maximum absolute atomic E-state index is 13.8. The SMILES string of the molecule is COc1ccc(NC(=O)CCCn2c(=O)c3cccn3c3ccc(F)cc32)cc1. The van der Waals surface area contributed by atoms with Gasteiger partial charge in [0.1, 0.15) is 17.1 Å². The van der Waals surface area contributed by atoms with E-state index in [1.165, 1.54) is 16.7 Å². The van der Waals surface area contributed by atoms with Crippen LogP contribution in [0.5, 0.6) is 5.75 Å². The second kappa shape index (κ2) is 7.79. The van der Waals surface area contributed by atoms with Gasteiger partial charge in [-0.05, 0) is 61.0 Å². The molecule has 2 heterocycles. The van der Waals surface area contributed by atoms with Crippen LogP contribution in [0, 0.1) is 5.82 Å². The predicted octanol–water partition coefficient (Wildman–Crippen LogP) is 3.82. The maximum atomic E-state index is 13.8. The standard InChI is InChI=1S/C22H20FN3O3/c1-29-17-9-7-16(8-10-17)24-21(27)5-3-13-26-20-14-15(23)6-11-18(20)25-12-2-4-19(25)22(26)28/h2,4,6-12,14H,3,5,13H2,1H3,(H,24,27). The third-order valence-corrected chi connectivity index (χ3v) is 4.86. The van der Waals surface area contributed by atoms with E-state index in [1.807, 2.05) is 0 Å². The van der Waals surface area contributed by atoms with E-state index in [4.69, 9.17) is 4.74 Å². The molecule has 1 N–H and O–H groups in total. The number of ether oxygens (including phenoxy) is 1. The number of carbonyl (C=O) groups excluding carboxylic acids is 1. The van der Waals surface area contributed by atoms with E-state index in [2.05, 4.69) is 5.32 Å². The fourth-order valence-electron chi connectivity index (χ4n) is 3.45. The van der Waals surface area contributed by atoms with Crippen LogP contribution >= 0.6 is 0 Å². The molecular weight excluding hydrogens is 373 g/mol. The van der Waals surface area contributed by atoms with E-state index < -0.39 is 5.82 Å². The van der Waals surface area contributed by atoms with Gasteiger partial charge in [0.2, 0.25) is 5.91 Å². The van der Waals surface area contributed by atoms with Crippen molar-refractivity contribution in [2.45, 2.75) is 19.4 Å². The Hall–Kier alpha value is -3.61. The number of aromatic nitrogens is 2. The van der Waals surface area contributed by atoms with Crippen molar-refractivity contribution in [3.63, 3.8) is 0 Å². The number of nitrogens with one attached hydrogen (secondary N) is 1. The lowest BCUT2D eigenvalue weighted by molar-refractivity contribution is -0.116. The number of carbonyl (C=O) groups is 1. The number of methoxy groups -OCH3 is 1. The number of amides is 1. The minimum atomic E-state index is -0.408. The number of hydrogen-bond acceptors (Lipinski definition) is 3. The Balaban J connectivity index is 1.51. The molecule has 0 aliphatic heterocycles. The van der Waals surface area contributed by atoms with Crippen LogP contribution in [-0.2, 0) is 11.3 Å². The Morgan fingerprint density at radius 3 is 2.62 bits per heavy atom. The van der Waals surface area contributed by atoms with Crippen LogP contribution in [-0.4, -0.2) is 22.0 Å². The van der Waals surface area contributed by atoms with Crippen molar-refractivity contribution in [1.82, 2.24) is 8.97 Å². The van der Waals surface area contributed by atoms with Gasteiger partial charge in [-0.25, -0.2) is 4.39 Å². The zero-order valence-electron chi connectivity index (χ0n) is 15.9. The van der Waals surface area contributed by atoms with Gasteiger partial charge < -0.3 is 19.0 Å². The molecule has 0 fully saturated rings. The van der Waals surface area contributed by atoms with Crippen molar-refractivity contribution in [2.24, 2.45) is 0 Å². The number of aryl methyl sites for hydroxylation is 1. The zero-order chi connectivity index (χ0) is 20.4. The summed E-state index contributed by atoms with van der Waals surface area (Å²) in [6, 6.07) is 15.0. The average Bonchev–Trinajstić information content (AvgIpc) is 3.21. The zero-order valence-corrected chi connectivity index (χ0v) is 15.9. The monoisotopic (exact) mass is 393 g/mol. The first-order valence-corrected chi connectivity index (χ1v) is 9.30. The minimum Gasteiger partial charge on any atom is -0.497 e. The summed E-state index contributed by atoms with van der Waals surface area (Å²) < 4.78 is 22.2. The molecule has 4 aromatic rings. The lowest BCUT2D eigenvalue weighted by Gasteiger charge is -2.13. The molecule has 2 aromatic carbocycles. The first-order chi connectivity index (χ1) is 14.1. The molecule has 148 valence electrons. The number of anilines is 1. The molecule has 29 heavy (non-hydrogen) atoms. The van der Waals surface area contributed by atoms with Gasteiger partial charge in [-0.3, -0.25) is 9.59 Å². The summed E-state index contributed by atoms with van der Waals surface area (Å²) in [4.78, 5) is 25.1. The van der Waals surface area contributed by atoms with E-state index in [1.54, 1.807) is 60.2 Å². The van der Waals surface area contributed by atoms with Gasteiger partial charge in [-0.2, -0.15) is 0 Å². The first kappa shape index (κ1) is 18.7. The number of rotatable bonds is 6. The Labute approximate surface area is 166 Å². The molecule has 0 atom stereocenters. The van der Waals surface area contributed by atoms with Gasteiger partial charge in [-0.1, -0.05) is 0 Å². The summed E-state index contributed by atoms with van der Waals surface area (Å²) in [5, 5.41) is 2.82. The van der Waals surface area contributed by atoms with E-state index in [9.17, 15) is 14.0 Å². The first-order valence-electron chi connectivity index (χ1n) is 9.30. The van der Waals surface area contributed by atoms with Crippen molar-refractivity contribution in [2.75, 3.05) is 12.4 Å². The maximum Gasteiger partial charge on any atom is 0.275 e. The fourth-order valence-corrected chi connectivity index (χ4v) is 3.45. The van der Waals surface area contributed by atoms with Crippen LogP contribution in [0.25, 0.3) is 16.6 Å². The molecule has 0 saturated heterocycles. The molecule has 0 unspecified atom stereocenters. The molecule has 6 nitrogen and oxygen atoms in total. The van der Waals surface area contributed by atoms with Crippen LogP contribution in [0.3, 0.4) is 0 Å². The van der Waals surface area contributed by atoms with Gasteiger partial charge in [0, 0.05) is 24.8 Å². The van der Waals surface area contributed by atoms with Crippen molar-refractivity contribution >= 4 is 28.1 Å². The topological polar surface area (TPSA) is 64.7 Å². The Morgan fingerprint density at radius 2 is 1.86 bits per heavy atom. The summed E-state index contributed by atoms with van der Waals surface area (Å²) in [6.07, 6.45) is 2.47. The van der Waals surface area contributed by atoms with Gasteiger partial charge in [0.05, 0.1) is 18.1 Å². The summed E-state index contributed by atoms with van der Waals surface area (Å²) in [7, 11) is 1.58. The third kappa shape index (κ3) is 3.71. The summed E-state index contributed by atoms with van der Waals surface area (Å²) in [5.74, 6) is 0.152. The van der Waals surface area contributed by atoms with Gasteiger partial charge >= 0.3 is 0 Å². The highest BCUT2D eigenvalue weighted by molar-refractivity contribution is 5.90. The van der Waals surface area contributed by atoms with E-state index >= 15 is 0 Å².